The molecule has 0 aliphatic carbocycles. The van der Waals surface area contributed by atoms with Gasteiger partial charge in [0.2, 0.25) is 0 Å². The van der Waals surface area contributed by atoms with Crippen molar-refractivity contribution in [2.24, 2.45) is 0 Å². The molecule has 0 unspecified atom stereocenters. The van der Waals surface area contributed by atoms with E-state index in [4.69, 9.17) is 17.0 Å². The van der Waals surface area contributed by atoms with Crippen molar-refractivity contribution in [2.75, 3.05) is 20.3 Å². The van der Waals surface area contributed by atoms with E-state index in [0.717, 1.165) is 34.9 Å². The van der Waals surface area contributed by atoms with E-state index in [0.29, 0.717) is 0 Å². The highest BCUT2D eigenvalue weighted by Crippen LogP contribution is 2.41. The van der Waals surface area contributed by atoms with Gasteiger partial charge < -0.3 is 15.0 Å². The Morgan fingerprint density at radius 2 is 2.35 bits per heavy atom. The highest BCUT2D eigenvalue weighted by molar-refractivity contribution is 9.10. The number of methoxy groups -OCH3 is 1. The molecule has 1 aliphatic rings. The number of hydrogen-bond acceptors (Lipinski definition) is 4. The number of rotatable bonds is 6. The van der Waals surface area contributed by atoms with E-state index in [2.05, 4.69) is 48.6 Å². The van der Waals surface area contributed by atoms with Crippen molar-refractivity contribution >= 4 is 44.6 Å². The van der Waals surface area contributed by atoms with Gasteiger partial charge in [-0.25, -0.2) is 0 Å². The summed E-state index contributed by atoms with van der Waals surface area (Å²) in [5, 5.41) is 6.34. The van der Waals surface area contributed by atoms with Crippen molar-refractivity contribution in [1.29, 1.82) is 0 Å². The monoisotopic (exact) mass is 411 g/mol. The molecule has 2 aromatic rings. The Morgan fingerprint density at radius 3 is 3.00 bits per heavy atom. The Balaban J connectivity index is 1.91. The number of pyridine rings is 1. The predicted molar refractivity (Wildman–Crippen MR) is 101 cm³/mol. The molecule has 1 fully saturated rings. The van der Waals surface area contributed by atoms with Crippen molar-refractivity contribution in [1.82, 2.24) is 15.2 Å². The third-order valence-corrected chi connectivity index (χ3v) is 5.94. The third-order valence-electron chi connectivity index (χ3n) is 3.82. The molecule has 2 atom stereocenters. The van der Waals surface area contributed by atoms with Gasteiger partial charge in [0, 0.05) is 41.2 Å². The predicted octanol–water partition coefficient (Wildman–Crippen LogP) is 3.91. The van der Waals surface area contributed by atoms with E-state index >= 15 is 0 Å². The first-order valence-corrected chi connectivity index (χ1v) is 9.49. The second kappa shape index (κ2) is 7.70. The summed E-state index contributed by atoms with van der Waals surface area (Å²) in [5.74, 6) is 0. The Bertz CT molecular complexity index is 664. The second-order valence-electron chi connectivity index (χ2n) is 5.33. The molecule has 3 rings (SSSR count). The molecular weight excluding hydrogens is 394 g/mol. The average molecular weight is 412 g/mol. The number of nitrogens with one attached hydrogen (secondary N) is 1. The van der Waals surface area contributed by atoms with Crippen LogP contribution in [0.3, 0.4) is 0 Å². The van der Waals surface area contributed by atoms with Crippen LogP contribution in [0.15, 0.2) is 40.3 Å². The summed E-state index contributed by atoms with van der Waals surface area (Å²) in [6.45, 7) is 1.59. The zero-order valence-electron chi connectivity index (χ0n) is 12.7. The molecular formula is C16H18BrN3OS2. The van der Waals surface area contributed by atoms with Gasteiger partial charge in [-0.3, -0.25) is 4.98 Å². The SMILES string of the molecule is COCCCN1C(=S)N[C@H](c2ccccn2)[C@@H]1c1cc(Br)cs1. The lowest BCUT2D eigenvalue weighted by molar-refractivity contribution is 0.181. The van der Waals surface area contributed by atoms with Gasteiger partial charge in [0.05, 0.1) is 17.8 Å². The normalized spacial score (nSPS) is 20.8. The molecule has 0 amide bonds. The first-order valence-electron chi connectivity index (χ1n) is 7.41. The lowest BCUT2D eigenvalue weighted by atomic mass is 10.0. The summed E-state index contributed by atoms with van der Waals surface area (Å²) in [6.07, 6.45) is 2.77. The van der Waals surface area contributed by atoms with Crippen LogP contribution in [0.25, 0.3) is 0 Å². The van der Waals surface area contributed by atoms with Gasteiger partial charge in [0.1, 0.15) is 0 Å². The van der Waals surface area contributed by atoms with Crippen LogP contribution in [0.1, 0.15) is 29.1 Å². The Labute approximate surface area is 154 Å². The van der Waals surface area contributed by atoms with Crippen LogP contribution in [-0.4, -0.2) is 35.3 Å². The summed E-state index contributed by atoms with van der Waals surface area (Å²) < 4.78 is 6.29. The molecule has 3 heterocycles. The van der Waals surface area contributed by atoms with E-state index in [9.17, 15) is 0 Å². The number of hydrogen-bond donors (Lipinski definition) is 1. The number of aromatic nitrogens is 1. The first kappa shape index (κ1) is 16.8. The molecule has 1 N–H and O–H groups in total. The average Bonchev–Trinajstić information content (AvgIpc) is 3.12. The Morgan fingerprint density at radius 1 is 1.48 bits per heavy atom. The zero-order valence-corrected chi connectivity index (χ0v) is 16.0. The standard InChI is InChI=1S/C16H18BrN3OS2/c1-21-8-4-7-20-15(13-9-11(17)10-23-13)14(19-16(20)22)12-5-2-3-6-18-12/h2-3,5-6,9-10,14-15H,4,7-8H2,1H3,(H,19,22)/t14-,15+/m1/s1. The van der Waals surface area contributed by atoms with Gasteiger partial charge >= 0.3 is 0 Å². The molecule has 0 aromatic carbocycles. The van der Waals surface area contributed by atoms with E-state index < -0.39 is 0 Å². The van der Waals surface area contributed by atoms with Gasteiger partial charge in [0.15, 0.2) is 5.11 Å². The van der Waals surface area contributed by atoms with Crippen LogP contribution in [0.2, 0.25) is 0 Å². The van der Waals surface area contributed by atoms with Crippen molar-refractivity contribution in [2.45, 2.75) is 18.5 Å². The van der Waals surface area contributed by atoms with Gasteiger partial charge in [-0.05, 0) is 52.8 Å². The molecule has 1 saturated heterocycles. The largest absolute Gasteiger partial charge is 0.385 e. The maximum atomic E-state index is 5.59. The third kappa shape index (κ3) is 3.74. The number of nitrogens with zero attached hydrogens (tertiary/aromatic N) is 2. The van der Waals surface area contributed by atoms with Gasteiger partial charge in [-0.1, -0.05) is 6.07 Å². The molecule has 23 heavy (non-hydrogen) atoms. The molecule has 1 aliphatic heterocycles. The maximum Gasteiger partial charge on any atom is 0.170 e. The Hall–Kier alpha value is -1.02. The van der Waals surface area contributed by atoms with Crippen molar-refractivity contribution < 1.29 is 4.74 Å². The van der Waals surface area contributed by atoms with Crippen LogP contribution in [0, 0.1) is 0 Å². The van der Waals surface area contributed by atoms with Crippen molar-refractivity contribution in [3.8, 4) is 0 Å². The fourth-order valence-electron chi connectivity index (χ4n) is 2.82. The van der Waals surface area contributed by atoms with Crippen LogP contribution in [0.5, 0.6) is 0 Å². The molecule has 0 radical (unpaired) electrons. The lowest BCUT2D eigenvalue weighted by Crippen LogP contribution is -2.30. The minimum Gasteiger partial charge on any atom is -0.385 e. The minimum atomic E-state index is 0.0665. The lowest BCUT2D eigenvalue weighted by Gasteiger charge is -2.26. The Kier molecular flexibility index (Phi) is 5.63. The quantitative estimate of drug-likeness (QED) is 0.575. The molecule has 0 spiro atoms. The molecule has 7 heteroatoms. The van der Waals surface area contributed by atoms with Gasteiger partial charge in [-0.2, -0.15) is 0 Å². The molecule has 122 valence electrons. The maximum absolute atomic E-state index is 5.59. The van der Waals surface area contributed by atoms with Gasteiger partial charge in [-0.15, -0.1) is 11.3 Å². The summed E-state index contributed by atoms with van der Waals surface area (Å²) in [6, 6.07) is 8.40. The summed E-state index contributed by atoms with van der Waals surface area (Å²) >= 11 is 10.9. The smallest absolute Gasteiger partial charge is 0.170 e. The van der Waals surface area contributed by atoms with Crippen molar-refractivity contribution in [3.05, 3.63) is 50.9 Å². The topological polar surface area (TPSA) is 37.4 Å². The van der Waals surface area contributed by atoms with E-state index in [1.54, 1.807) is 18.4 Å². The zero-order chi connectivity index (χ0) is 16.2. The fraction of sp³-hybridized carbons (Fsp3) is 0.375. The molecule has 0 bridgehead atoms. The minimum absolute atomic E-state index is 0.0665. The van der Waals surface area contributed by atoms with Crippen molar-refractivity contribution in [3.63, 3.8) is 0 Å². The van der Waals surface area contributed by atoms with Crippen LogP contribution in [0.4, 0.5) is 0 Å². The van der Waals surface area contributed by atoms with Crippen LogP contribution >= 0.6 is 39.5 Å². The number of thiocarbonyl (C=S) groups is 1. The van der Waals surface area contributed by atoms with Crippen LogP contribution in [-0.2, 0) is 4.74 Å². The summed E-state index contributed by atoms with van der Waals surface area (Å²) in [7, 11) is 1.73. The molecule has 2 aromatic heterocycles. The second-order valence-corrected chi connectivity index (χ2v) is 7.58. The van der Waals surface area contributed by atoms with E-state index in [-0.39, 0.29) is 12.1 Å². The highest BCUT2D eigenvalue weighted by atomic mass is 79.9. The number of thiophene rings is 1. The molecule has 0 saturated carbocycles. The van der Waals surface area contributed by atoms with Crippen LogP contribution < -0.4 is 5.32 Å². The number of halogens is 1. The van der Waals surface area contributed by atoms with E-state index in [1.807, 2.05) is 18.3 Å². The number of ether oxygens (including phenoxy) is 1. The summed E-state index contributed by atoms with van der Waals surface area (Å²) in [5.41, 5.74) is 1.01. The van der Waals surface area contributed by atoms with E-state index in [1.165, 1.54) is 4.88 Å². The first-order chi connectivity index (χ1) is 11.2. The molecule has 4 nitrogen and oxygen atoms in total. The van der Waals surface area contributed by atoms with Gasteiger partial charge in [0.25, 0.3) is 0 Å². The fourth-order valence-corrected chi connectivity index (χ4v) is 4.74. The summed E-state index contributed by atoms with van der Waals surface area (Å²) in [4.78, 5) is 8.06. The highest BCUT2D eigenvalue weighted by Gasteiger charge is 2.40.